The molecule has 0 aliphatic carbocycles. The zero-order valence-corrected chi connectivity index (χ0v) is 13.7. The van der Waals surface area contributed by atoms with Crippen LogP contribution in [-0.4, -0.2) is 11.6 Å². The van der Waals surface area contributed by atoms with Gasteiger partial charge in [0.2, 0.25) is 0 Å². The number of hydrazone groups is 1. The molecule has 1 amide bonds. The quantitative estimate of drug-likeness (QED) is 0.548. The molecule has 0 unspecified atom stereocenters. The molecule has 0 aliphatic heterocycles. The van der Waals surface area contributed by atoms with Crippen molar-refractivity contribution < 1.29 is 9.18 Å². The first-order chi connectivity index (χ1) is 12.1. The molecule has 1 N–H and O–H groups in total. The maximum atomic E-state index is 12.9. The third-order valence-corrected chi connectivity index (χ3v) is 3.84. The van der Waals surface area contributed by atoms with Gasteiger partial charge in [-0.3, -0.25) is 4.79 Å². The van der Waals surface area contributed by atoms with Gasteiger partial charge in [0.05, 0.1) is 5.71 Å². The number of hydrogen-bond donors (Lipinski definition) is 1. The highest BCUT2D eigenvalue weighted by Crippen LogP contribution is 2.19. The van der Waals surface area contributed by atoms with E-state index in [4.69, 9.17) is 0 Å². The largest absolute Gasteiger partial charge is 0.271 e. The molecule has 0 fully saturated rings. The Kier molecular flexibility index (Phi) is 5.00. The highest BCUT2D eigenvalue weighted by molar-refractivity contribution is 6.01. The van der Waals surface area contributed by atoms with Gasteiger partial charge in [-0.05, 0) is 47.9 Å². The summed E-state index contributed by atoms with van der Waals surface area (Å²) in [4.78, 5) is 12.0. The second-order valence-corrected chi connectivity index (χ2v) is 5.59. The molecule has 0 spiro atoms. The molecule has 124 valence electrons. The van der Waals surface area contributed by atoms with E-state index >= 15 is 0 Å². The fourth-order valence-electron chi connectivity index (χ4n) is 2.40. The molecule has 3 aromatic rings. The van der Waals surface area contributed by atoms with Crippen LogP contribution in [0.3, 0.4) is 0 Å². The van der Waals surface area contributed by atoms with Gasteiger partial charge in [-0.15, -0.1) is 0 Å². The molecule has 3 rings (SSSR count). The van der Waals surface area contributed by atoms with Crippen molar-refractivity contribution in [1.82, 2.24) is 5.43 Å². The molecule has 0 saturated carbocycles. The van der Waals surface area contributed by atoms with Crippen molar-refractivity contribution >= 4 is 11.6 Å². The van der Waals surface area contributed by atoms with E-state index in [9.17, 15) is 9.18 Å². The van der Waals surface area contributed by atoms with Crippen LogP contribution in [0.25, 0.3) is 11.1 Å². The molecule has 25 heavy (non-hydrogen) atoms. The summed E-state index contributed by atoms with van der Waals surface area (Å²) < 4.78 is 12.9. The van der Waals surface area contributed by atoms with Crippen LogP contribution < -0.4 is 5.43 Å². The average Bonchev–Trinajstić information content (AvgIpc) is 2.67. The van der Waals surface area contributed by atoms with Gasteiger partial charge >= 0.3 is 0 Å². The number of nitrogens with zero attached hydrogens (tertiary/aromatic N) is 1. The molecule has 0 atom stereocenters. The van der Waals surface area contributed by atoms with E-state index in [2.05, 4.69) is 22.7 Å². The first-order valence-corrected chi connectivity index (χ1v) is 7.89. The molecule has 0 radical (unpaired) electrons. The number of nitrogens with one attached hydrogen (secondary N) is 1. The first-order valence-electron chi connectivity index (χ1n) is 7.89. The van der Waals surface area contributed by atoms with Gasteiger partial charge < -0.3 is 0 Å². The topological polar surface area (TPSA) is 41.5 Å². The molecule has 0 aromatic heterocycles. The number of halogens is 1. The third kappa shape index (κ3) is 4.18. The van der Waals surface area contributed by atoms with Gasteiger partial charge in [0.25, 0.3) is 5.91 Å². The van der Waals surface area contributed by atoms with Crippen LogP contribution in [0.4, 0.5) is 4.39 Å². The van der Waals surface area contributed by atoms with Gasteiger partial charge in [0, 0.05) is 5.56 Å². The van der Waals surface area contributed by atoms with Gasteiger partial charge in [0.15, 0.2) is 0 Å². The van der Waals surface area contributed by atoms with Crippen molar-refractivity contribution in [3.05, 3.63) is 95.8 Å². The standard InChI is InChI=1S/C21H17FN2O/c1-15(23-24-21(25)19-11-13-20(22)14-12-19)16-7-9-18(10-8-16)17-5-3-2-4-6-17/h2-14H,1H3,(H,24,25)/b23-15+. The van der Waals surface area contributed by atoms with Crippen molar-refractivity contribution in [1.29, 1.82) is 0 Å². The van der Waals surface area contributed by atoms with Gasteiger partial charge in [-0.25, -0.2) is 9.82 Å². The summed E-state index contributed by atoms with van der Waals surface area (Å²) in [5.74, 6) is -0.755. The second-order valence-electron chi connectivity index (χ2n) is 5.59. The van der Waals surface area contributed by atoms with Crippen LogP contribution >= 0.6 is 0 Å². The van der Waals surface area contributed by atoms with Crippen molar-refractivity contribution in [2.75, 3.05) is 0 Å². The first kappa shape index (κ1) is 16.6. The number of amides is 1. The molecule has 4 heteroatoms. The molecular formula is C21H17FN2O. The van der Waals surface area contributed by atoms with E-state index in [0.29, 0.717) is 11.3 Å². The summed E-state index contributed by atoms with van der Waals surface area (Å²) in [6.45, 7) is 1.82. The van der Waals surface area contributed by atoms with E-state index in [1.165, 1.54) is 24.3 Å². The molecule has 0 heterocycles. The Morgan fingerprint density at radius 3 is 2.00 bits per heavy atom. The fraction of sp³-hybridized carbons (Fsp3) is 0.0476. The molecule has 3 nitrogen and oxygen atoms in total. The zero-order chi connectivity index (χ0) is 17.6. The highest BCUT2D eigenvalue weighted by atomic mass is 19.1. The zero-order valence-electron chi connectivity index (χ0n) is 13.7. The van der Waals surface area contributed by atoms with E-state index in [1.54, 1.807) is 0 Å². The predicted molar refractivity (Wildman–Crippen MR) is 98.0 cm³/mol. The van der Waals surface area contributed by atoms with E-state index < -0.39 is 0 Å². The normalized spacial score (nSPS) is 11.2. The van der Waals surface area contributed by atoms with Crippen LogP contribution in [0.5, 0.6) is 0 Å². The average molecular weight is 332 g/mol. The van der Waals surface area contributed by atoms with Crippen LogP contribution in [0.15, 0.2) is 84.0 Å². The SMILES string of the molecule is C/C(=N\NC(=O)c1ccc(F)cc1)c1ccc(-c2ccccc2)cc1. The summed E-state index contributed by atoms with van der Waals surface area (Å²) in [7, 11) is 0. The molecular weight excluding hydrogens is 315 g/mol. The summed E-state index contributed by atoms with van der Waals surface area (Å²) in [5, 5.41) is 4.12. The number of carbonyl (C=O) groups is 1. The minimum atomic E-state index is -0.380. The van der Waals surface area contributed by atoms with E-state index in [-0.39, 0.29) is 11.7 Å². The van der Waals surface area contributed by atoms with Gasteiger partial charge in [-0.1, -0.05) is 54.6 Å². The Balaban J connectivity index is 1.70. The van der Waals surface area contributed by atoms with Crippen molar-refractivity contribution in [2.24, 2.45) is 5.10 Å². The number of carbonyl (C=O) groups excluding carboxylic acids is 1. The minimum Gasteiger partial charge on any atom is -0.267 e. The Morgan fingerprint density at radius 2 is 1.36 bits per heavy atom. The third-order valence-electron chi connectivity index (χ3n) is 3.84. The van der Waals surface area contributed by atoms with Gasteiger partial charge in [0.1, 0.15) is 5.82 Å². The van der Waals surface area contributed by atoms with Crippen LogP contribution in [0.2, 0.25) is 0 Å². The summed E-state index contributed by atoms with van der Waals surface area (Å²) >= 11 is 0. The summed E-state index contributed by atoms with van der Waals surface area (Å²) in [5.41, 5.74) is 6.72. The van der Waals surface area contributed by atoms with E-state index in [0.717, 1.165) is 16.7 Å². The number of benzene rings is 3. The lowest BCUT2D eigenvalue weighted by Crippen LogP contribution is -2.19. The fourth-order valence-corrected chi connectivity index (χ4v) is 2.40. The molecule has 3 aromatic carbocycles. The highest BCUT2D eigenvalue weighted by Gasteiger charge is 2.05. The van der Waals surface area contributed by atoms with Crippen LogP contribution in [0.1, 0.15) is 22.8 Å². The van der Waals surface area contributed by atoms with Crippen molar-refractivity contribution in [3.8, 4) is 11.1 Å². The lowest BCUT2D eigenvalue weighted by Gasteiger charge is -2.05. The van der Waals surface area contributed by atoms with Crippen molar-refractivity contribution in [2.45, 2.75) is 6.92 Å². The Labute approximate surface area is 145 Å². The van der Waals surface area contributed by atoms with Gasteiger partial charge in [-0.2, -0.15) is 5.10 Å². The monoisotopic (exact) mass is 332 g/mol. The van der Waals surface area contributed by atoms with E-state index in [1.807, 2.05) is 49.4 Å². The predicted octanol–water partition coefficient (Wildman–Crippen LogP) is 4.65. The maximum Gasteiger partial charge on any atom is 0.271 e. The Bertz CT molecular complexity index is 885. The maximum absolute atomic E-state index is 12.9. The molecule has 0 aliphatic rings. The second kappa shape index (κ2) is 7.53. The summed E-state index contributed by atoms with van der Waals surface area (Å²) in [6.07, 6.45) is 0. The lowest BCUT2D eigenvalue weighted by atomic mass is 10.0. The minimum absolute atomic E-state index is 0.359. The Morgan fingerprint density at radius 1 is 0.800 bits per heavy atom. The number of rotatable bonds is 4. The van der Waals surface area contributed by atoms with Crippen LogP contribution in [0, 0.1) is 5.82 Å². The molecule has 0 saturated heterocycles. The Hall–Kier alpha value is -3.27. The number of hydrogen-bond acceptors (Lipinski definition) is 2. The van der Waals surface area contributed by atoms with Crippen LogP contribution in [-0.2, 0) is 0 Å². The van der Waals surface area contributed by atoms with Crippen molar-refractivity contribution in [3.63, 3.8) is 0 Å². The lowest BCUT2D eigenvalue weighted by molar-refractivity contribution is 0.0955. The summed E-state index contributed by atoms with van der Waals surface area (Å²) in [6, 6.07) is 23.4. The molecule has 0 bridgehead atoms. The smallest absolute Gasteiger partial charge is 0.267 e.